The lowest BCUT2D eigenvalue weighted by Crippen LogP contribution is -2.22. The number of nitrogens with zero attached hydrogens (tertiary/aromatic N) is 1. The van der Waals surface area contributed by atoms with Crippen molar-refractivity contribution in [3.05, 3.63) is 36.0 Å². The number of rotatable bonds is 8. The highest BCUT2D eigenvalue weighted by Crippen LogP contribution is 2.20. The van der Waals surface area contributed by atoms with Crippen LogP contribution in [0.3, 0.4) is 0 Å². The van der Waals surface area contributed by atoms with Gasteiger partial charge in [0.1, 0.15) is 0 Å². The van der Waals surface area contributed by atoms with Crippen LogP contribution < -0.4 is 5.32 Å². The zero-order chi connectivity index (χ0) is 14.4. The van der Waals surface area contributed by atoms with E-state index in [0.717, 1.165) is 13.1 Å². The predicted molar refractivity (Wildman–Crippen MR) is 81.8 cm³/mol. The molecule has 110 valence electrons. The van der Waals surface area contributed by atoms with Gasteiger partial charge in [-0.2, -0.15) is 0 Å². The van der Waals surface area contributed by atoms with Gasteiger partial charge in [0.25, 0.3) is 0 Å². The van der Waals surface area contributed by atoms with E-state index in [-0.39, 0.29) is 6.61 Å². The van der Waals surface area contributed by atoms with E-state index in [9.17, 15) is 0 Å². The highest BCUT2D eigenvalue weighted by atomic mass is 16.5. The fourth-order valence-electron chi connectivity index (χ4n) is 2.31. The third-order valence-corrected chi connectivity index (χ3v) is 3.28. The van der Waals surface area contributed by atoms with Crippen LogP contribution in [0.1, 0.15) is 19.4 Å². The van der Waals surface area contributed by atoms with E-state index in [0.29, 0.717) is 19.3 Å². The van der Waals surface area contributed by atoms with Gasteiger partial charge >= 0.3 is 0 Å². The summed E-state index contributed by atoms with van der Waals surface area (Å²) in [6.07, 6.45) is 2.10. The third-order valence-electron chi connectivity index (χ3n) is 3.28. The lowest BCUT2D eigenvalue weighted by Gasteiger charge is -2.12. The van der Waals surface area contributed by atoms with Crippen molar-refractivity contribution in [1.82, 2.24) is 9.88 Å². The maximum Gasteiger partial charge on any atom is 0.0698 e. The van der Waals surface area contributed by atoms with Crippen LogP contribution in [0.2, 0.25) is 0 Å². The summed E-state index contributed by atoms with van der Waals surface area (Å²) in [4.78, 5) is 0. The Bertz CT molecular complexity index is 534. The smallest absolute Gasteiger partial charge is 0.0698 e. The van der Waals surface area contributed by atoms with Crippen LogP contribution in [-0.4, -0.2) is 35.5 Å². The molecule has 0 aliphatic carbocycles. The number of benzene rings is 1. The van der Waals surface area contributed by atoms with Gasteiger partial charge in [-0.1, -0.05) is 32.0 Å². The van der Waals surface area contributed by atoms with Gasteiger partial charge in [-0.25, -0.2) is 0 Å². The van der Waals surface area contributed by atoms with Crippen molar-refractivity contribution in [3.8, 4) is 0 Å². The molecule has 2 aromatic rings. The van der Waals surface area contributed by atoms with E-state index < -0.39 is 0 Å². The van der Waals surface area contributed by atoms with Gasteiger partial charge in [0, 0.05) is 25.3 Å². The molecule has 2 N–H and O–H groups in total. The van der Waals surface area contributed by atoms with E-state index in [2.05, 4.69) is 54.2 Å². The van der Waals surface area contributed by atoms with Crippen LogP contribution in [-0.2, 0) is 17.8 Å². The monoisotopic (exact) mass is 276 g/mol. The molecule has 0 amide bonds. The number of aliphatic hydroxyl groups is 1. The zero-order valence-electron chi connectivity index (χ0n) is 12.3. The number of ether oxygens (including phenoxy) is 1. The standard InChI is InChI=1S/C16H24N2O2/c1-13(2)17-12-15-5-3-4-14-6-7-18(16(14)15)8-10-20-11-9-19/h3-7,13,17,19H,8-12H2,1-2H3. The molecule has 0 radical (unpaired) electrons. The van der Waals surface area contributed by atoms with E-state index in [1.807, 2.05) is 0 Å². The Hall–Kier alpha value is -1.36. The molecule has 0 spiro atoms. The first-order valence-electron chi connectivity index (χ1n) is 7.21. The molecule has 0 bridgehead atoms. The molecule has 0 fully saturated rings. The number of hydrogen-bond acceptors (Lipinski definition) is 3. The molecule has 20 heavy (non-hydrogen) atoms. The van der Waals surface area contributed by atoms with Gasteiger partial charge < -0.3 is 19.7 Å². The van der Waals surface area contributed by atoms with Gasteiger partial charge in [0.15, 0.2) is 0 Å². The average Bonchev–Trinajstić information content (AvgIpc) is 2.85. The van der Waals surface area contributed by atoms with Crippen molar-refractivity contribution in [1.29, 1.82) is 0 Å². The zero-order valence-corrected chi connectivity index (χ0v) is 12.3. The summed E-state index contributed by atoms with van der Waals surface area (Å²) in [5.41, 5.74) is 2.58. The number of hydrogen-bond donors (Lipinski definition) is 2. The molecular weight excluding hydrogens is 252 g/mol. The predicted octanol–water partition coefficient (Wildman–Crippen LogP) is 2.15. The number of para-hydroxylation sites is 1. The first kappa shape index (κ1) is 15.0. The molecule has 1 aromatic heterocycles. The maximum atomic E-state index is 8.72. The summed E-state index contributed by atoms with van der Waals surface area (Å²) < 4.78 is 7.58. The van der Waals surface area contributed by atoms with E-state index >= 15 is 0 Å². The van der Waals surface area contributed by atoms with Crippen molar-refractivity contribution < 1.29 is 9.84 Å². The van der Waals surface area contributed by atoms with Crippen molar-refractivity contribution >= 4 is 10.9 Å². The SMILES string of the molecule is CC(C)NCc1cccc2ccn(CCOCCO)c12. The molecule has 4 nitrogen and oxygen atoms in total. The summed E-state index contributed by atoms with van der Waals surface area (Å²) in [6.45, 7) is 7.09. The van der Waals surface area contributed by atoms with Crippen LogP contribution in [0.25, 0.3) is 10.9 Å². The topological polar surface area (TPSA) is 46.4 Å². The van der Waals surface area contributed by atoms with Crippen LogP contribution >= 0.6 is 0 Å². The molecule has 0 aliphatic heterocycles. The molecule has 1 heterocycles. The Morgan fingerprint density at radius 1 is 1.25 bits per heavy atom. The number of aliphatic hydroxyl groups excluding tert-OH is 1. The molecule has 2 rings (SSSR count). The van der Waals surface area contributed by atoms with Crippen molar-refractivity contribution in [2.45, 2.75) is 33.0 Å². The molecular formula is C16H24N2O2. The average molecular weight is 276 g/mol. The second kappa shape index (κ2) is 7.43. The highest BCUT2D eigenvalue weighted by molar-refractivity contribution is 5.83. The Morgan fingerprint density at radius 2 is 2.10 bits per heavy atom. The quantitative estimate of drug-likeness (QED) is 0.726. The van der Waals surface area contributed by atoms with Crippen LogP contribution in [0, 0.1) is 0 Å². The van der Waals surface area contributed by atoms with Crippen LogP contribution in [0.4, 0.5) is 0 Å². The van der Waals surface area contributed by atoms with Crippen molar-refractivity contribution in [3.63, 3.8) is 0 Å². The molecule has 0 atom stereocenters. The van der Waals surface area contributed by atoms with E-state index in [1.165, 1.54) is 16.5 Å². The normalized spacial score (nSPS) is 11.6. The Kier molecular flexibility index (Phi) is 5.59. The number of fused-ring (bicyclic) bond motifs is 1. The molecule has 0 saturated carbocycles. The minimum atomic E-state index is 0.0793. The van der Waals surface area contributed by atoms with Gasteiger partial charge in [-0.3, -0.25) is 0 Å². The van der Waals surface area contributed by atoms with Crippen LogP contribution in [0.5, 0.6) is 0 Å². The second-order valence-electron chi connectivity index (χ2n) is 5.24. The van der Waals surface area contributed by atoms with Gasteiger partial charge in [-0.15, -0.1) is 0 Å². The molecule has 1 aromatic carbocycles. The first-order valence-corrected chi connectivity index (χ1v) is 7.21. The molecule has 0 saturated heterocycles. The Morgan fingerprint density at radius 3 is 2.85 bits per heavy atom. The van der Waals surface area contributed by atoms with Gasteiger partial charge in [-0.05, 0) is 17.0 Å². The summed E-state index contributed by atoms with van der Waals surface area (Å²) in [6, 6.07) is 9.02. The minimum Gasteiger partial charge on any atom is -0.394 e. The Labute approximate surface area is 120 Å². The summed E-state index contributed by atoms with van der Waals surface area (Å²) in [5, 5.41) is 13.5. The lowest BCUT2D eigenvalue weighted by molar-refractivity contribution is 0.0875. The minimum absolute atomic E-state index is 0.0793. The molecule has 4 heteroatoms. The summed E-state index contributed by atoms with van der Waals surface area (Å²) in [7, 11) is 0. The maximum absolute atomic E-state index is 8.72. The van der Waals surface area contributed by atoms with Gasteiger partial charge in [0.2, 0.25) is 0 Å². The summed E-state index contributed by atoms with van der Waals surface area (Å²) in [5.74, 6) is 0. The molecule has 0 aliphatic rings. The van der Waals surface area contributed by atoms with Crippen LogP contribution in [0.15, 0.2) is 30.5 Å². The fraction of sp³-hybridized carbons (Fsp3) is 0.500. The Balaban J connectivity index is 2.13. The summed E-state index contributed by atoms with van der Waals surface area (Å²) >= 11 is 0. The first-order chi connectivity index (χ1) is 9.72. The highest BCUT2D eigenvalue weighted by Gasteiger charge is 2.07. The largest absolute Gasteiger partial charge is 0.394 e. The third kappa shape index (κ3) is 3.82. The van der Waals surface area contributed by atoms with E-state index in [1.54, 1.807) is 0 Å². The molecule has 0 unspecified atom stereocenters. The second-order valence-corrected chi connectivity index (χ2v) is 5.24. The van der Waals surface area contributed by atoms with Crippen molar-refractivity contribution in [2.24, 2.45) is 0 Å². The van der Waals surface area contributed by atoms with Gasteiger partial charge in [0.05, 0.1) is 25.3 Å². The van der Waals surface area contributed by atoms with E-state index in [4.69, 9.17) is 9.84 Å². The van der Waals surface area contributed by atoms with Crippen molar-refractivity contribution in [2.75, 3.05) is 19.8 Å². The lowest BCUT2D eigenvalue weighted by atomic mass is 10.1. The number of aromatic nitrogens is 1. The fourth-order valence-corrected chi connectivity index (χ4v) is 2.31. The number of nitrogens with one attached hydrogen (secondary N) is 1.